The molecule has 0 saturated carbocycles. The van der Waals surface area contributed by atoms with Crippen molar-refractivity contribution in [3.05, 3.63) is 69.8 Å². The number of rotatable bonds is 4. The molecule has 2 aromatic rings. The highest BCUT2D eigenvalue weighted by Gasteiger charge is 2.63. The Morgan fingerprint density at radius 3 is 2.59 bits per heavy atom. The number of ether oxygens (including phenoxy) is 1. The van der Waals surface area contributed by atoms with Gasteiger partial charge in [-0.2, -0.15) is 23.3 Å². The Morgan fingerprint density at radius 1 is 1.28 bits per heavy atom. The van der Waals surface area contributed by atoms with Crippen LogP contribution in [0.25, 0.3) is 0 Å². The van der Waals surface area contributed by atoms with E-state index in [1.54, 1.807) is 0 Å². The highest BCUT2D eigenvalue weighted by molar-refractivity contribution is 6.05. The maximum atomic E-state index is 13.7. The first-order valence-electron chi connectivity index (χ1n) is 8.17. The molecule has 1 amide bonds. The number of benzene rings is 2. The van der Waals surface area contributed by atoms with Crippen LogP contribution in [0, 0.1) is 10.1 Å². The number of nitrogens with zero attached hydrogens (tertiary/aromatic N) is 3. The normalized spacial score (nSPS) is 19.1. The number of hydrogen-bond donors (Lipinski definition) is 1. The Kier molecular flexibility index (Phi) is 5.01. The monoisotopic (exact) mass is 409 g/mol. The molecule has 0 saturated heterocycles. The van der Waals surface area contributed by atoms with Crippen LogP contribution in [0.5, 0.6) is 5.75 Å². The van der Waals surface area contributed by atoms with Crippen LogP contribution in [0.2, 0.25) is 0 Å². The summed E-state index contributed by atoms with van der Waals surface area (Å²) in [6.45, 7) is 0. The van der Waals surface area contributed by atoms with Gasteiger partial charge in [-0.25, -0.2) is 0 Å². The molecule has 1 heterocycles. The summed E-state index contributed by atoms with van der Waals surface area (Å²) in [4.78, 5) is 22.9. The standard InChI is InChI=1S/C18H14F3N3O5/c1-29-14-7-3-5-12(9-14)16(25)23-17(26,18(19,20)21)10-15(22-23)11-4-2-6-13(8-11)24(27)28/h2-9,26H,10H2,1H3/t17-/m1/s1. The van der Waals surface area contributed by atoms with Crippen LogP contribution in [0.3, 0.4) is 0 Å². The molecule has 8 nitrogen and oxygen atoms in total. The molecule has 0 aromatic heterocycles. The number of nitro benzene ring substituents is 1. The minimum Gasteiger partial charge on any atom is -0.497 e. The van der Waals surface area contributed by atoms with E-state index in [0.29, 0.717) is 0 Å². The molecule has 152 valence electrons. The van der Waals surface area contributed by atoms with Gasteiger partial charge in [0.1, 0.15) is 5.75 Å². The Labute approximate surface area is 162 Å². The Bertz CT molecular complexity index is 1010. The Morgan fingerprint density at radius 2 is 1.97 bits per heavy atom. The second-order valence-electron chi connectivity index (χ2n) is 6.19. The van der Waals surface area contributed by atoms with Gasteiger partial charge in [0.25, 0.3) is 17.3 Å². The van der Waals surface area contributed by atoms with E-state index in [2.05, 4.69) is 5.10 Å². The fraction of sp³-hybridized carbons (Fsp3) is 0.222. The Balaban J connectivity index is 2.07. The van der Waals surface area contributed by atoms with E-state index in [1.807, 2.05) is 0 Å². The van der Waals surface area contributed by atoms with Gasteiger partial charge in [-0.1, -0.05) is 18.2 Å². The van der Waals surface area contributed by atoms with Crippen molar-refractivity contribution in [1.29, 1.82) is 0 Å². The van der Waals surface area contributed by atoms with Crippen molar-refractivity contribution in [2.45, 2.75) is 18.3 Å². The molecule has 0 aliphatic carbocycles. The van der Waals surface area contributed by atoms with Crippen LogP contribution >= 0.6 is 0 Å². The third-order valence-electron chi connectivity index (χ3n) is 4.34. The number of carbonyl (C=O) groups is 1. The van der Waals surface area contributed by atoms with Gasteiger partial charge >= 0.3 is 6.18 Å². The number of non-ortho nitro benzene ring substituents is 1. The van der Waals surface area contributed by atoms with Crippen LogP contribution in [-0.4, -0.2) is 45.7 Å². The van der Waals surface area contributed by atoms with Gasteiger partial charge in [0, 0.05) is 23.3 Å². The lowest BCUT2D eigenvalue weighted by Gasteiger charge is -2.32. The van der Waals surface area contributed by atoms with E-state index >= 15 is 0 Å². The quantitative estimate of drug-likeness (QED) is 0.617. The predicted octanol–water partition coefficient (Wildman–Crippen LogP) is 3.10. The number of amides is 1. The summed E-state index contributed by atoms with van der Waals surface area (Å²) in [6.07, 6.45) is -6.30. The molecule has 1 aliphatic rings. The molecule has 11 heteroatoms. The van der Waals surface area contributed by atoms with Crippen molar-refractivity contribution in [1.82, 2.24) is 5.01 Å². The zero-order valence-corrected chi connectivity index (χ0v) is 14.9. The second-order valence-corrected chi connectivity index (χ2v) is 6.19. The molecule has 1 aliphatic heterocycles. The van der Waals surface area contributed by atoms with E-state index in [-0.39, 0.29) is 33.3 Å². The lowest BCUT2D eigenvalue weighted by molar-refractivity contribution is -0.384. The van der Waals surface area contributed by atoms with Crippen molar-refractivity contribution in [3.63, 3.8) is 0 Å². The molecule has 0 radical (unpaired) electrons. The zero-order valence-electron chi connectivity index (χ0n) is 14.9. The highest BCUT2D eigenvalue weighted by Crippen LogP contribution is 2.42. The fourth-order valence-corrected chi connectivity index (χ4v) is 2.82. The van der Waals surface area contributed by atoms with Gasteiger partial charge in [0.15, 0.2) is 0 Å². The maximum Gasteiger partial charge on any atom is 0.438 e. The number of hydrazone groups is 1. The average Bonchev–Trinajstić information content (AvgIpc) is 3.06. The van der Waals surface area contributed by atoms with Crippen LogP contribution in [0.4, 0.5) is 18.9 Å². The molecule has 3 rings (SSSR count). The largest absolute Gasteiger partial charge is 0.497 e. The Hall–Kier alpha value is -3.47. The molecule has 0 unspecified atom stereocenters. The lowest BCUT2D eigenvalue weighted by atomic mass is 10.00. The van der Waals surface area contributed by atoms with Crippen molar-refractivity contribution in [3.8, 4) is 5.75 Å². The minimum absolute atomic E-state index is 0.0113. The predicted molar refractivity (Wildman–Crippen MR) is 94.4 cm³/mol. The van der Waals surface area contributed by atoms with Crippen LogP contribution < -0.4 is 4.74 Å². The lowest BCUT2D eigenvalue weighted by Crippen LogP contribution is -2.56. The molecule has 29 heavy (non-hydrogen) atoms. The molecule has 1 N–H and O–H groups in total. The number of hydrogen-bond acceptors (Lipinski definition) is 6. The average molecular weight is 409 g/mol. The smallest absolute Gasteiger partial charge is 0.438 e. The summed E-state index contributed by atoms with van der Waals surface area (Å²) in [5.74, 6) is -0.974. The topological polar surface area (TPSA) is 105 Å². The van der Waals surface area contributed by atoms with Crippen molar-refractivity contribution in [2.24, 2.45) is 5.10 Å². The van der Waals surface area contributed by atoms with E-state index in [9.17, 15) is 33.2 Å². The van der Waals surface area contributed by atoms with Gasteiger partial charge in [0.2, 0.25) is 0 Å². The SMILES string of the molecule is COc1cccc(C(=O)N2N=C(c3cccc([N+](=O)[O-])c3)C[C@@]2(O)C(F)(F)F)c1. The van der Waals surface area contributed by atoms with Crippen molar-refractivity contribution >= 4 is 17.3 Å². The first-order valence-corrected chi connectivity index (χ1v) is 8.17. The molecule has 1 atom stereocenters. The van der Waals surface area contributed by atoms with E-state index < -0.39 is 29.2 Å². The summed E-state index contributed by atoms with van der Waals surface area (Å²) >= 11 is 0. The third kappa shape index (κ3) is 3.63. The molecule has 2 aromatic carbocycles. The highest BCUT2D eigenvalue weighted by atomic mass is 19.4. The number of halogens is 3. The number of nitro groups is 1. The summed E-state index contributed by atoms with van der Waals surface area (Å²) in [5, 5.41) is 24.9. The van der Waals surface area contributed by atoms with E-state index in [0.717, 1.165) is 12.1 Å². The molecule has 0 fully saturated rings. The second kappa shape index (κ2) is 7.17. The van der Waals surface area contributed by atoms with Crippen molar-refractivity contribution < 1.29 is 32.7 Å². The first-order chi connectivity index (χ1) is 13.6. The summed E-state index contributed by atoms with van der Waals surface area (Å²) in [6, 6.07) is 10.1. The van der Waals surface area contributed by atoms with Crippen LogP contribution in [0.15, 0.2) is 53.6 Å². The van der Waals surface area contributed by atoms with Crippen LogP contribution in [0.1, 0.15) is 22.3 Å². The van der Waals surface area contributed by atoms with Gasteiger partial charge in [-0.3, -0.25) is 14.9 Å². The van der Waals surface area contributed by atoms with Gasteiger partial charge in [-0.05, 0) is 18.2 Å². The first kappa shape index (κ1) is 20.3. The van der Waals surface area contributed by atoms with E-state index in [1.165, 1.54) is 43.5 Å². The number of carbonyl (C=O) groups excluding carboxylic acids is 1. The minimum atomic E-state index is -5.23. The van der Waals surface area contributed by atoms with Crippen LogP contribution in [-0.2, 0) is 0 Å². The van der Waals surface area contributed by atoms with Gasteiger partial charge < -0.3 is 9.84 Å². The van der Waals surface area contributed by atoms with E-state index in [4.69, 9.17) is 4.74 Å². The van der Waals surface area contributed by atoms with Crippen molar-refractivity contribution in [2.75, 3.05) is 7.11 Å². The van der Waals surface area contributed by atoms with Gasteiger partial charge in [0.05, 0.1) is 24.2 Å². The number of methoxy groups -OCH3 is 1. The summed E-state index contributed by atoms with van der Waals surface area (Å²) < 4.78 is 45.9. The fourth-order valence-electron chi connectivity index (χ4n) is 2.82. The third-order valence-corrected chi connectivity index (χ3v) is 4.34. The summed E-state index contributed by atoms with van der Waals surface area (Å²) in [7, 11) is 1.32. The number of alkyl halides is 3. The van der Waals surface area contributed by atoms with Gasteiger partial charge in [-0.15, -0.1) is 0 Å². The molecular formula is C18H14F3N3O5. The zero-order chi connectivity index (χ0) is 21.4. The molecule has 0 bridgehead atoms. The summed E-state index contributed by atoms with van der Waals surface area (Å²) in [5.41, 5.74) is -4.48. The molecule has 0 spiro atoms. The maximum absolute atomic E-state index is 13.7. The number of aliphatic hydroxyl groups is 1. The molecular weight excluding hydrogens is 395 g/mol.